The number of rotatable bonds is 3. The van der Waals surface area contributed by atoms with Gasteiger partial charge < -0.3 is 15.3 Å². The first-order valence-electron chi connectivity index (χ1n) is 10.4. The molecule has 0 aromatic heterocycles. The lowest BCUT2D eigenvalue weighted by Crippen LogP contribution is -2.43. The molecule has 2 N–H and O–H groups in total. The number of hydrogen-bond donors (Lipinski definition) is 1. The van der Waals surface area contributed by atoms with Gasteiger partial charge in [0.1, 0.15) is 11.9 Å². The number of nitrogens with zero attached hydrogens (tertiary/aromatic N) is 3. The smallest absolute Gasteiger partial charge is 0.261 e. The Morgan fingerprint density at radius 3 is 2.62 bits per heavy atom. The molecule has 1 spiro atoms. The van der Waals surface area contributed by atoms with Crippen LogP contribution in [0.15, 0.2) is 77.8 Å². The van der Waals surface area contributed by atoms with Gasteiger partial charge in [0.15, 0.2) is 11.5 Å². The topological polar surface area (TPSA) is 72.3 Å². The number of carbonyl (C=O) groups is 1. The standard InChI is InChI=1S/C26H22N4O2/c1-28-16-17-7-6-10-19(13-17)20-11-12-22-21(14-20)26(24(31)30(2)25(27)29-26)15-23(32-22)18-8-4-3-5-9-18/h3-14,23H,15-16H2,2H3,(H2,27,29). The van der Waals surface area contributed by atoms with Crippen LogP contribution in [-0.2, 0) is 16.9 Å². The van der Waals surface area contributed by atoms with Crippen LogP contribution >= 0.6 is 0 Å². The molecule has 2 aliphatic rings. The number of amides is 1. The van der Waals surface area contributed by atoms with Crippen molar-refractivity contribution >= 4 is 11.9 Å². The second-order valence-electron chi connectivity index (χ2n) is 8.14. The molecule has 3 aromatic rings. The number of aliphatic imine (C=N–C) groups is 1. The minimum Gasteiger partial charge on any atom is -0.485 e. The Labute approximate surface area is 186 Å². The molecule has 1 amide bonds. The highest BCUT2D eigenvalue weighted by Gasteiger charge is 2.53. The van der Waals surface area contributed by atoms with Gasteiger partial charge in [0, 0.05) is 24.6 Å². The minimum absolute atomic E-state index is 0.153. The van der Waals surface area contributed by atoms with Crippen LogP contribution in [0.3, 0.4) is 0 Å². The predicted octanol–water partition coefficient (Wildman–Crippen LogP) is 4.28. The summed E-state index contributed by atoms with van der Waals surface area (Å²) in [6.07, 6.45) is 0.0540. The van der Waals surface area contributed by atoms with Gasteiger partial charge in [-0.15, -0.1) is 0 Å². The number of nitrogens with two attached hydrogens (primary N) is 1. The third-order valence-corrected chi connectivity index (χ3v) is 6.18. The lowest BCUT2D eigenvalue weighted by atomic mass is 9.79. The maximum absolute atomic E-state index is 13.5. The third-order valence-electron chi connectivity index (χ3n) is 6.18. The number of ether oxygens (including phenoxy) is 1. The van der Waals surface area contributed by atoms with Crippen LogP contribution in [0.5, 0.6) is 5.75 Å². The van der Waals surface area contributed by atoms with E-state index in [9.17, 15) is 4.79 Å². The summed E-state index contributed by atoms with van der Waals surface area (Å²) in [4.78, 5) is 23.1. The summed E-state index contributed by atoms with van der Waals surface area (Å²) in [6, 6.07) is 23.6. The molecule has 6 heteroatoms. The van der Waals surface area contributed by atoms with Gasteiger partial charge >= 0.3 is 0 Å². The number of likely N-dealkylation sites (N-methyl/N-ethyl adjacent to an activating group) is 1. The molecule has 0 bridgehead atoms. The first-order valence-corrected chi connectivity index (χ1v) is 10.4. The predicted molar refractivity (Wildman–Crippen MR) is 123 cm³/mol. The fourth-order valence-electron chi connectivity index (χ4n) is 4.51. The van der Waals surface area contributed by atoms with E-state index >= 15 is 0 Å². The summed E-state index contributed by atoms with van der Waals surface area (Å²) in [5.74, 6) is 0.685. The van der Waals surface area contributed by atoms with Crippen LogP contribution in [0, 0.1) is 6.57 Å². The second-order valence-corrected chi connectivity index (χ2v) is 8.14. The van der Waals surface area contributed by atoms with Crippen molar-refractivity contribution in [3.63, 3.8) is 0 Å². The molecular weight excluding hydrogens is 400 g/mol. The Bertz CT molecular complexity index is 1280. The van der Waals surface area contributed by atoms with Crippen LogP contribution in [0.1, 0.15) is 29.2 Å². The molecule has 2 heterocycles. The van der Waals surface area contributed by atoms with Crippen molar-refractivity contribution in [2.45, 2.75) is 24.6 Å². The molecule has 0 fully saturated rings. The first kappa shape index (κ1) is 19.8. The Hall–Kier alpha value is -4.11. The van der Waals surface area contributed by atoms with E-state index in [0.29, 0.717) is 18.7 Å². The zero-order chi connectivity index (χ0) is 22.3. The lowest BCUT2D eigenvalue weighted by molar-refractivity contribution is -0.132. The lowest BCUT2D eigenvalue weighted by Gasteiger charge is -2.37. The number of carbonyl (C=O) groups excluding carboxylic acids is 1. The SMILES string of the molecule is [C-]#[N+]Cc1cccc(-c2ccc3c(c2)C2(CC(c4ccccc4)O3)N=C(N)N(C)C2=O)c1. The summed E-state index contributed by atoms with van der Waals surface area (Å²) in [5, 5.41) is 0. The van der Waals surface area contributed by atoms with Crippen molar-refractivity contribution < 1.29 is 9.53 Å². The average molecular weight is 422 g/mol. The molecule has 2 atom stereocenters. The molecule has 5 rings (SSSR count). The summed E-state index contributed by atoms with van der Waals surface area (Å²) in [7, 11) is 1.65. The molecule has 0 radical (unpaired) electrons. The molecule has 2 unspecified atom stereocenters. The van der Waals surface area contributed by atoms with E-state index in [1.807, 2.05) is 72.8 Å². The molecule has 32 heavy (non-hydrogen) atoms. The van der Waals surface area contributed by atoms with E-state index in [4.69, 9.17) is 22.0 Å². The molecule has 0 saturated carbocycles. The van der Waals surface area contributed by atoms with Gasteiger partial charge in [-0.05, 0) is 34.9 Å². The summed E-state index contributed by atoms with van der Waals surface area (Å²) in [5.41, 5.74) is 9.55. The number of guanidine groups is 1. The molecule has 0 aliphatic carbocycles. The van der Waals surface area contributed by atoms with Crippen LogP contribution in [-0.4, -0.2) is 23.8 Å². The summed E-state index contributed by atoms with van der Waals surface area (Å²) >= 11 is 0. The highest BCUT2D eigenvalue weighted by atomic mass is 16.5. The van der Waals surface area contributed by atoms with Crippen LogP contribution < -0.4 is 10.5 Å². The van der Waals surface area contributed by atoms with Gasteiger partial charge in [-0.1, -0.05) is 54.6 Å². The number of hydrogen-bond acceptors (Lipinski definition) is 4. The highest BCUT2D eigenvalue weighted by Crippen LogP contribution is 2.50. The minimum atomic E-state index is -1.13. The molecular formula is C26H22N4O2. The van der Waals surface area contributed by atoms with Crippen LogP contribution in [0.4, 0.5) is 0 Å². The quantitative estimate of drug-likeness (QED) is 0.641. The van der Waals surface area contributed by atoms with Crippen molar-refractivity contribution in [2.75, 3.05) is 7.05 Å². The third kappa shape index (κ3) is 3.10. The molecule has 2 aliphatic heterocycles. The van der Waals surface area contributed by atoms with E-state index in [2.05, 4.69) is 4.85 Å². The second kappa shape index (κ2) is 7.54. The van der Waals surface area contributed by atoms with E-state index in [1.165, 1.54) is 4.90 Å². The van der Waals surface area contributed by atoms with Gasteiger partial charge in [0.2, 0.25) is 6.54 Å². The van der Waals surface area contributed by atoms with Gasteiger partial charge in [-0.2, -0.15) is 0 Å². The van der Waals surface area contributed by atoms with Gasteiger partial charge in [-0.25, -0.2) is 11.6 Å². The summed E-state index contributed by atoms with van der Waals surface area (Å²) in [6.45, 7) is 7.47. The van der Waals surface area contributed by atoms with E-state index in [-0.39, 0.29) is 18.0 Å². The van der Waals surface area contributed by atoms with Crippen molar-refractivity contribution in [1.29, 1.82) is 0 Å². The number of fused-ring (bicyclic) bond motifs is 2. The normalized spacial score (nSPS) is 21.6. The van der Waals surface area contributed by atoms with Gasteiger partial charge in [0.05, 0.1) is 0 Å². The van der Waals surface area contributed by atoms with Crippen molar-refractivity contribution in [3.8, 4) is 16.9 Å². The van der Waals surface area contributed by atoms with E-state index in [1.54, 1.807) is 7.05 Å². The van der Waals surface area contributed by atoms with E-state index in [0.717, 1.165) is 27.8 Å². The summed E-state index contributed by atoms with van der Waals surface area (Å²) < 4.78 is 6.36. The Kier molecular flexibility index (Phi) is 4.67. The van der Waals surface area contributed by atoms with Crippen molar-refractivity contribution in [1.82, 2.24) is 4.90 Å². The molecule has 3 aromatic carbocycles. The maximum Gasteiger partial charge on any atom is 0.261 e. The monoisotopic (exact) mass is 422 g/mol. The zero-order valence-electron chi connectivity index (χ0n) is 17.7. The van der Waals surface area contributed by atoms with Gasteiger partial charge in [-0.3, -0.25) is 9.69 Å². The molecule has 158 valence electrons. The van der Waals surface area contributed by atoms with Crippen molar-refractivity contribution in [3.05, 3.63) is 101 Å². The Morgan fingerprint density at radius 1 is 1.12 bits per heavy atom. The zero-order valence-corrected chi connectivity index (χ0v) is 17.7. The highest BCUT2D eigenvalue weighted by molar-refractivity contribution is 6.07. The maximum atomic E-state index is 13.5. The molecule has 6 nitrogen and oxygen atoms in total. The fraction of sp³-hybridized carbons (Fsp3) is 0.192. The van der Waals surface area contributed by atoms with Gasteiger partial charge in [0.25, 0.3) is 5.91 Å². The molecule has 0 saturated heterocycles. The average Bonchev–Trinajstić information content (AvgIpc) is 3.03. The number of benzene rings is 3. The Morgan fingerprint density at radius 2 is 1.91 bits per heavy atom. The van der Waals surface area contributed by atoms with Crippen molar-refractivity contribution in [2.24, 2.45) is 10.7 Å². The van der Waals surface area contributed by atoms with E-state index < -0.39 is 5.54 Å². The first-order chi connectivity index (χ1) is 15.5. The largest absolute Gasteiger partial charge is 0.485 e. The fourth-order valence-corrected chi connectivity index (χ4v) is 4.51. The van der Waals surface area contributed by atoms with Crippen LogP contribution in [0.2, 0.25) is 0 Å². The van der Waals surface area contributed by atoms with Crippen LogP contribution in [0.25, 0.3) is 16.0 Å². The Balaban J connectivity index is 1.65.